The molecule has 6 nitrogen and oxygen atoms in total. The summed E-state index contributed by atoms with van der Waals surface area (Å²) in [6, 6.07) is 14.9. The van der Waals surface area contributed by atoms with E-state index in [1.54, 1.807) is 11.0 Å². The fourth-order valence-electron chi connectivity index (χ4n) is 3.46. The fourth-order valence-corrected chi connectivity index (χ4v) is 3.46. The first-order chi connectivity index (χ1) is 14.0. The molecule has 0 aliphatic carbocycles. The molecule has 0 bridgehead atoms. The van der Waals surface area contributed by atoms with Crippen molar-refractivity contribution in [3.63, 3.8) is 0 Å². The smallest absolute Gasteiger partial charge is 0.309 e. The summed E-state index contributed by atoms with van der Waals surface area (Å²) in [5.41, 5.74) is 3.29. The number of piperidine rings is 1. The average Bonchev–Trinajstić information content (AvgIpc) is 2.73. The van der Waals surface area contributed by atoms with Gasteiger partial charge >= 0.3 is 5.97 Å². The highest BCUT2D eigenvalue weighted by Gasteiger charge is 2.29. The predicted octanol–water partition coefficient (Wildman–Crippen LogP) is 3.34. The topological polar surface area (TPSA) is 75.7 Å². The van der Waals surface area contributed by atoms with Gasteiger partial charge in [0.25, 0.3) is 11.8 Å². The Morgan fingerprint density at radius 3 is 2.24 bits per heavy atom. The van der Waals surface area contributed by atoms with Crippen LogP contribution in [0.1, 0.15) is 34.3 Å². The summed E-state index contributed by atoms with van der Waals surface area (Å²) in [5, 5.41) is 2.74. The zero-order chi connectivity index (χ0) is 20.8. The Kier molecular flexibility index (Phi) is 6.65. The number of benzene rings is 2. The number of rotatable bonds is 5. The summed E-state index contributed by atoms with van der Waals surface area (Å²) >= 11 is 0. The Hall–Kier alpha value is -3.15. The minimum Gasteiger partial charge on any atom is -0.455 e. The molecule has 0 spiro atoms. The molecule has 0 aromatic heterocycles. The number of para-hydroxylation sites is 1. The molecular weight excluding hydrogens is 368 g/mol. The van der Waals surface area contributed by atoms with Crippen LogP contribution in [0.2, 0.25) is 0 Å². The van der Waals surface area contributed by atoms with Gasteiger partial charge in [0, 0.05) is 24.3 Å². The molecule has 0 saturated carbocycles. The zero-order valence-electron chi connectivity index (χ0n) is 16.8. The number of likely N-dealkylation sites (tertiary alicyclic amines) is 1. The lowest BCUT2D eigenvalue weighted by Crippen LogP contribution is -2.41. The summed E-state index contributed by atoms with van der Waals surface area (Å²) in [5.74, 6) is -1.04. The summed E-state index contributed by atoms with van der Waals surface area (Å²) in [6.07, 6.45) is 1.08. The van der Waals surface area contributed by atoms with Crippen LogP contribution < -0.4 is 5.32 Å². The van der Waals surface area contributed by atoms with E-state index >= 15 is 0 Å². The maximum absolute atomic E-state index is 12.7. The minimum atomic E-state index is -0.382. The van der Waals surface area contributed by atoms with E-state index in [0.717, 1.165) is 11.1 Å². The molecule has 1 aliphatic heterocycles. The maximum Gasteiger partial charge on any atom is 0.309 e. The van der Waals surface area contributed by atoms with E-state index in [9.17, 15) is 14.4 Å². The van der Waals surface area contributed by atoms with Crippen molar-refractivity contribution >= 4 is 23.5 Å². The predicted molar refractivity (Wildman–Crippen MR) is 111 cm³/mol. The van der Waals surface area contributed by atoms with Gasteiger partial charge in [0.1, 0.15) is 0 Å². The number of carbonyl (C=O) groups is 3. The summed E-state index contributed by atoms with van der Waals surface area (Å²) < 4.78 is 5.20. The third-order valence-electron chi connectivity index (χ3n) is 5.26. The summed E-state index contributed by atoms with van der Waals surface area (Å²) in [7, 11) is 0. The third kappa shape index (κ3) is 5.22. The summed E-state index contributed by atoms with van der Waals surface area (Å²) in [6.45, 7) is 4.51. The van der Waals surface area contributed by atoms with Crippen LogP contribution in [0.25, 0.3) is 0 Å². The molecule has 2 amide bonds. The lowest BCUT2D eigenvalue weighted by molar-refractivity contribution is -0.152. The van der Waals surface area contributed by atoms with Gasteiger partial charge in [0.2, 0.25) is 0 Å². The van der Waals surface area contributed by atoms with Crippen LogP contribution in [0.4, 0.5) is 5.69 Å². The van der Waals surface area contributed by atoms with Gasteiger partial charge in [-0.25, -0.2) is 0 Å². The van der Waals surface area contributed by atoms with Crippen molar-refractivity contribution in [3.05, 3.63) is 65.2 Å². The van der Waals surface area contributed by atoms with E-state index in [2.05, 4.69) is 5.32 Å². The van der Waals surface area contributed by atoms with E-state index < -0.39 is 0 Å². The van der Waals surface area contributed by atoms with Gasteiger partial charge in [-0.1, -0.05) is 36.4 Å². The lowest BCUT2D eigenvalue weighted by atomic mass is 9.96. The second-order valence-corrected chi connectivity index (χ2v) is 7.35. The normalized spacial score (nSPS) is 14.3. The zero-order valence-corrected chi connectivity index (χ0v) is 16.8. The van der Waals surface area contributed by atoms with Gasteiger partial charge < -0.3 is 15.0 Å². The molecule has 1 fully saturated rings. The van der Waals surface area contributed by atoms with E-state index in [-0.39, 0.29) is 30.3 Å². The minimum absolute atomic E-state index is 0.00692. The number of hydrogen-bond acceptors (Lipinski definition) is 4. The standard InChI is InChI=1S/C23H26N2O4/c1-16-7-3-5-9-19(16)22(27)25-13-11-18(12-14-25)23(28)29-15-21(26)24-20-10-6-4-8-17(20)2/h3-10,18H,11-15H2,1-2H3,(H,24,26). The molecule has 2 aromatic carbocycles. The maximum atomic E-state index is 12.7. The van der Waals surface area contributed by atoms with Crippen molar-refractivity contribution in [2.45, 2.75) is 26.7 Å². The first kappa shape index (κ1) is 20.6. The van der Waals surface area contributed by atoms with Crippen LogP contribution >= 0.6 is 0 Å². The number of esters is 1. The Morgan fingerprint density at radius 1 is 0.966 bits per heavy atom. The van der Waals surface area contributed by atoms with Crippen molar-refractivity contribution < 1.29 is 19.1 Å². The number of ether oxygens (including phenoxy) is 1. The molecule has 0 unspecified atom stereocenters. The number of nitrogens with one attached hydrogen (secondary N) is 1. The van der Waals surface area contributed by atoms with Crippen molar-refractivity contribution in [1.82, 2.24) is 4.90 Å². The fraction of sp³-hybridized carbons (Fsp3) is 0.348. The second kappa shape index (κ2) is 9.37. The molecule has 0 radical (unpaired) electrons. The third-order valence-corrected chi connectivity index (χ3v) is 5.26. The first-order valence-electron chi connectivity index (χ1n) is 9.82. The number of hydrogen-bond donors (Lipinski definition) is 1. The number of carbonyl (C=O) groups excluding carboxylic acids is 3. The van der Waals surface area contributed by atoms with Crippen molar-refractivity contribution in [3.8, 4) is 0 Å². The highest BCUT2D eigenvalue weighted by atomic mass is 16.5. The van der Waals surface area contributed by atoms with Crippen LogP contribution in [-0.4, -0.2) is 42.4 Å². The number of nitrogens with zero attached hydrogens (tertiary/aromatic N) is 1. The Bertz CT molecular complexity index is 901. The Labute approximate surface area is 170 Å². The highest BCUT2D eigenvalue weighted by Crippen LogP contribution is 2.21. The quantitative estimate of drug-likeness (QED) is 0.789. The van der Waals surface area contributed by atoms with Gasteiger partial charge in [-0.05, 0) is 49.9 Å². The molecule has 2 aromatic rings. The molecule has 1 saturated heterocycles. The highest BCUT2D eigenvalue weighted by molar-refractivity contribution is 5.96. The van der Waals surface area contributed by atoms with E-state index in [1.807, 2.05) is 56.3 Å². The van der Waals surface area contributed by atoms with Crippen molar-refractivity contribution in [1.29, 1.82) is 0 Å². The van der Waals surface area contributed by atoms with E-state index in [4.69, 9.17) is 4.74 Å². The monoisotopic (exact) mass is 394 g/mol. The van der Waals surface area contributed by atoms with Gasteiger partial charge in [0.15, 0.2) is 6.61 Å². The molecule has 1 aliphatic rings. The van der Waals surface area contributed by atoms with Gasteiger partial charge in [0.05, 0.1) is 5.92 Å². The largest absolute Gasteiger partial charge is 0.455 e. The molecule has 0 atom stereocenters. The van der Waals surface area contributed by atoms with Crippen LogP contribution in [0.3, 0.4) is 0 Å². The Morgan fingerprint density at radius 2 is 1.59 bits per heavy atom. The lowest BCUT2D eigenvalue weighted by Gasteiger charge is -2.31. The van der Waals surface area contributed by atoms with Crippen molar-refractivity contribution in [2.75, 3.05) is 25.0 Å². The number of amides is 2. The molecule has 152 valence electrons. The number of aryl methyl sites for hydroxylation is 2. The molecule has 3 rings (SSSR count). The van der Waals surface area contributed by atoms with Gasteiger partial charge in [-0.3, -0.25) is 14.4 Å². The Balaban J connectivity index is 1.45. The second-order valence-electron chi connectivity index (χ2n) is 7.35. The molecule has 6 heteroatoms. The van der Waals surface area contributed by atoms with E-state index in [1.165, 1.54) is 0 Å². The van der Waals surface area contributed by atoms with Crippen LogP contribution in [0, 0.1) is 19.8 Å². The molecular formula is C23H26N2O4. The van der Waals surface area contributed by atoms with Crippen LogP contribution in [0.5, 0.6) is 0 Å². The van der Waals surface area contributed by atoms with E-state index in [0.29, 0.717) is 37.2 Å². The molecule has 1 heterocycles. The van der Waals surface area contributed by atoms with Gasteiger partial charge in [-0.2, -0.15) is 0 Å². The summed E-state index contributed by atoms with van der Waals surface area (Å²) in [4.78, 5) is 38.8. The molecule has 1 N–H and O–H groups in total. The number of anilines is 1. The van der Waals surface area contributed by atoms with Gasteiger partial charge in [-0.15, -0.1) is 0 Å². The van der Waals surface area contributed by atoms with Crippen LogP contribution in [0.15, 0.2) is 48.5 Å². The molecule has 29 heavy (non-hydrogen) atoms. The van der Waals surface area contributed by atoms with Crippen molar-refractivity contribution in [2.24, 2.45) is 5.92 Å². The first-order valence-corrected chi connectivity index (χ1v) is 9.82. The van der Waals surface area contributed by atoms with Crippen LogP contribution in [-0.2, 0) is 14.3 Å². The SMILES string of the molecule is Cc1ccccc1NC(=O)COC(=O)C1CCN(C(=O)c2ccccc2C)CC1. The average molecular weight is 394 g/mol.